The van der Waals surface area contributed by atoms with Crippen LogP contribution in [0, 0.1) is 17.7 Å². The minimum absolute atomic E-state index is 0.103. The van der Waals surface area contributed by atoms with Crippen LogP contribution in [-0.2, 0) is 0 Å². The molecule has 2 atom stereocenters. The Labute approximate surface area is 112 Å². The van der Waals surface area contributed by atoms with Crippen molar-refractivity contribution in [3.05, 3.63) is 34.1 Å². The van der Waals surface area contributed by atoms with Gasteiger partial charge in [-0.15, -0.1) is 0 Å². The topological polar surface area (TPSA) is 26.0 Å². The zero-order chi connectivity index (χ0) is 13.0. The van der Waals surface area contributed by atoms with Crippen molar-refractivity contribution in [2.75, 3.05) is 0 Å². The Morgan fingerprint density at radius 2 is 1.88 bits per heavy atom. The van der Waals surface area contributed by atoms with Gasteiger partial charge >= 0.3 is 0 Å². The smallest absolute Gasteiger partial charge is 0.123 e. The second-order valence-corrected chi connectivity index (χ2v) is 6.10. The third-order valence-electron chi connectivity index (χ3n) is 2.89. The summed E-state index contributed by atoms with van der Waals surface area (Å²) in [7, 11) is 0. The van der Waals surface area contributed by atoms with Crippen molar-refractivity contribution in [1.29, 1.82) is 0 Å². The first-order chi connectivity index (χ1) is 7.90. The van der Waals surface area contributed by atoms with E-state index in [1.165, 1.54) is 12.1 Å². The second-order valence-electron chi connectivity index (χ2n) is 5.24. The molecule has 0 amide bonds. The molecule has 2 unspecified atom stereocenters. The molecule has 0 radical (unpaired) electrons. The number of benzene rings is 1. The molecular formula is C14H21BrFN. The summed E-state index contributed by atoms with van der Waals surface area (Å²) in [5, 5.41) is 0. The predicted octanol–water partition coefficient (Wildman–Crippen LogP) is 4.66. The SMILES string of the molecule is CC(C)CC(C)CC(N)c1cc(F)ccc1Br. The fourth-order valence-electron chi connectivity index (χ4n) is 2.26. The Kier molecular flexibility index (Phi) is 5.60. The van der Waals surface area contributed by atoms with Gasteiger partial charge in [-0.05, 0) is 48.4 Å². The van der Waals surface area contributed by atoms with Gasteiger partial charge in [0.05, 0.1) is 0 Å². The van der Waals surface area contributed by atoms with Crippen LogP contribution >= 0.6 is 15.9 Å². The van der Waals surface area contributed by atoms with Gasteiger partial charge in [0, 0.05) is 10.5 Å². The molecule has 0 saturated heterocycles. The molecule has 0 aromatic heterocycles. The van der Waals surface area contributed by atoms with Crippen molar-refractivity contribution in [3.8, 4) is 0 Å². The van der Waals surface area contributed by atoms with Crippen LogP contribution in [0.15, 0.2) is 22.7 Å². The number of hydrogen-bond donors (Lipinski definition) is 1. The zero-order valence-electron chi connectivity index (χ0n) is 10.7. The van der Waals surface area contributed by atoms with E-state index in [-0.39, 0.29) is 11.9 Å². The third-order valence-corrected chi connectivity index (χ3v) is 3.61. The molecule has 17 heavy (non-hydrogen) atoms. The number of halogens is 2. The normalized spacial score (nSPS) is 15.0. The summed E-state index contributed by atoms with van der Waals surface area (Å²) in [4.78, 5) is 0. The molecule has 0 fully saturated rings. The highest BCUT2D eigenvalue weighted by Crippen LogP contribution is 2.28. The second kappa shape index (κ2) is 6.50. The molecule has 1 rings (SSSR count). The van der Waals surface area contributed by atoms with Crippen molar-refractivity contribution >= 4 is 15.9 Å². The average molecular weight is 302 g/mol. The summed E-state index contributed by atoms with van der Waals surface area (Å²) in [5.41, 5.74) is 7.01. The quantitative estimate of drug-likeness (QED) is 0.841. The van der Waals surface area contributed by atoms with Crippen LogP contribution in [0.1, 0.15) is 45.2 Å². The van der Waals surface area contributed by atoms with Gasteiger partial charge in [-0.25, -0.2) is 4.39 Å². The van der Waals surface area contributed by atoms with E-state index in [0.29, 0.717) is 11.8 Å². The molecule has 0 saturated carbocycles. The Bertz CT molecular complexity index is 365. The van der Waals surface area contributed by atoms with Gasteiger partial charge in [-0.2, -0.15) is 0 Å². The Morgan fingerprint density at radius 1 is 1.24 bits per heavy atom. The van der Waals surface area contributed by atoms with Crippen LogP contribution in [0.5, 0.6) is 0 Å². The molecule has 0 heterocycles. The van der Waals surface area contributed by atoms with E-state index in [1.54, 1.807) is 6.07 Å². The van der Waals surface area contributed by atoms with E-state index in [4.69, 9.17) is 5.73 Å². The Hall–Kier alpha value is -0.410. The van der Waals surface area contributed by atoms with E-state index in [2.05, 4.69) is 36.7 Å². The highest BCUT2D eigenvalue weighted by atomic mass is 79.9. The first-order valence-corrected chi connectivity index (χ1v) is 6.90. The van der Waals surface area contributed by atoms with Crippen molar-refractivity contribution < 1.29 is 4.39 Å². The molecule has 96 valence electrons. The van der Waals surface area contributed by atoms with Gasteiger partial charge in [0.15, 0.2) is 0 Å². The highest BCUT2D eigenvalue weighted by molar-refractivity contribution is 9.10. The molecule has 1 aromatic rings. The predicted molar refractivity (Wildman–Crippen MR) is 74.3 cm³/mol. The minimum Gasteiger partial charge on any atom is -0.324 e. The van der Waals surface area contributed by atoms with E-state index in [0.717, 1.165) is 22.9 Å². The maximum Gasteiger partial charge on any atom is 0.123 e. The van der Waals surface area contributed by atoms with Gasteiger partial charge in [-0.1, -0.05) is 36.7 Å². The molecular weight excluding hydrogens is 281 g/mol. The standard InChI is InChI=1S/C14H21BrFN/c1-9(2)6-10(3)7-14(17)12-8-11(16)4-5-13(12)15/h4-5,8-10,14H,6-7,17H2,1-3H3. The lowest BCUT2D eigenvalue weighted by molar-refractivity contribution is 0.386. The van der Waals surface area contributed by atoms with Crippen LogP contribution in [0.4, 0.5) is 4.39 Å². The van der Waals surface area contributed by atoms with Crippen LogP contribution in [-0.4, -0.2) is 0 Å². The maximum absolute atomic E-state index is 13.2. The van der Waals surface area contributed by atoms with Gasteiger partial charge < -0.3 is 5.73 Å². The summed E-state index contributed by atoms with van der Waals surface area (Å²) in [5.74, 6) is 1.00. The Balaban J connectivity index is 2.69. The van der Waals surface area contributed by atoms with Gasteiger partial charge in [-0.3, -0.25) is 0 Å². The molecule has 0 bridgehead atoms. The molecule has 0 spiro atoms. The van der Waals surface area contributed by atoms with Gasteiger partial charge in [0.2, 0.25) is 0 Å². The number of hydrogen-bond acceptors (Lipinski definition) is 1. The minimum atomic E-state index is -0.227. The van der Waals surface area contributed by atoms with E-state index < -0.39 is 0 Å². The average Bonchev–Trinajstić information content (AvgIpc) is 2.20. The third kappa shape index (κ3) is 4.76. The fourth-order valence-corrected chi connectivity index (χ4v) is 2.80. The van der Waals surface area contributed by atoms with Crippen LogP contribution in [0.3, 0.4) is 0 Å². The van der Waals surface area contributed by atoms with Crippen LogP contribution in [0.2, 0.25) is 0 Å². The fraction of sp³-hybridized carbons (Fsp3) is 0.571. The lowest BCUT2D eigenvalue weighted by Crippen LogP contribution is -2.16. The van der Waals surface area contributed by atoms with Crippen LogP contribution in [0.25, 0.3) is 0 Å². The summed E-state index contributed by atoms with van der Waals surface area (Å²) in [6.45, 7) is 6.62. The monoisotopic (exact) mass is 301 g/mol. The molecule has 1 nitrogen and oxygen atoms in total. The van der Waals surface area contributed by atoms with Crippen LogP contribution < -0.4 is 5.73 Å². The molecule has 0 aliphatic heterocycles. The van der Waals surface area contributed by atoms with Crippen molar-refractivity contribution in [3.63, 3.8) is 0 Å². The molecule has 0 aliphatic rings. The van der Waals surface area contributed by atoms with E-state index in [1.807, 2.05) is 0 Å². The van der Waals surface area contributed by atoms with E-state index in [9.17, 15) is 4.39 Å². The first kappa shape index (κ1) is 14.7. The maximum atomic E-state index is 13.2. The first-order valence-electron chi connectivity index (χ1n) is 6.10. The Morgan fingerprint density at radius 3 is 2.47 bits per heavy atom. The summed E-state index contributed by atoms with van der Waals surface area (Å²) in [6, 6.07) is 4.58. The molecule has 0 aliphatic carbocycles. The summed E-state index contributed by atoms with van der Waals surface area (Å²) in [6.07, 6.45) is 2.04. The summed E-state index contributed by atoms with van der Waals surface area (Å²) >= 11 is 3.43. The van der Waals surface area contributed by atoms with Crippen molar-refractivity contribution in [1.82, 2.24) is 0 Å². The van der Waals surface area contributed by atoms with E-state index >= 15 is 0 Å². The number of rotatable bonds is 5. The highest BCUT2D eigenvalue weighted by Gasteiger charge is 2.15. The lowest BCUT2D eigenvalue weighted by atomic mass is 9.90. The van der Waals surface area contributed by atoms with Gasteiger partial charge in [0.1, 0.15) is 5.82 Å². The zero-order valence-corrected chi connectivity index (χ0v) is 12.3. The summed E-state index contributed by atoms with van der Waals surface area (Å²) < 4.78 is 14.1. The molecule has 2 N–H and O–H groups in total. The molecule has 1 aromatic carbocycles. The molecule has 3 heteroatoms. The largest absolute Gasteiger partial charge is 0.324 e. The van der Waals surface area contributed by atoms with Gasteiger partial charge in [0.25, 0.3) is 0 Å². The lowest BCUT2D eigenvalue weighted by Gasteiger charge is -2.20. The van der Waals surface area contributed by atoms with Crippen molar-refractivity contribution in [2.24, 2.45) is 17.6 Å². The van der Waals surface area contributed by atoms with Crippen molar-refractivity contribution in [2.45, 2.75) is 39.7 Å². The number of nitrogens with two attached hydrogens (primary N) is 1.